The number of hydrogen-bond acceptors (Lipinski definition) is 3. The van der Waals surface area contributed by atoms with Crippen LogP contribution >= 0.6 is 0 Å². The van der Waals surface area contributed by atoms with E-state index in [4.69, 9.17) is 11.3 Å². The average molecular weight is 253 g/mol. The topological polar surface area (TPSA) is 104 Å². The molecule has 0 bridgehead atoms. The molecule has 6 nitrogen and oxygen atoms in total. The SMILES string of the molecule is CC1CCCC(C(NCCCN=[N+]=[N-])C(N)=O)C1. The Labute approximate surface area is 108 Å². The molecular formula is C12H23N5O. The smallest absolute Gasteiger partial charge is 0.234 e. The highest BCUT2D eigenvalue weighted by Gasteiger charge is 2.29. The molecule has 0 aromatic carbocycles. The van der Waals surface area contributed by atoms with Gasteiger partial charge in [-0.1, -0.05) is 24.9 Å². The molecule has 3 atom stereocenters. The van der Waals surface area contributed by atoms with E-state index in [0.717, 1.165) is 19.3 Å². The number of azide groups is 1. The van der Waals surface area contributed by atoms with Crippen LogP contribution in [0.15, 0.2) is 5.11 Å². The Kier molecular flexibility index (Phi) is 6.54. The van der Waals surface area contributed by atoms with Crippen LogP contribution < -0.4 is 11.1 Å². The summed E-state index contributed by atoms with van der Waals surface area (Å²) in [4.78, 5) is 14.2. The summed E-state index contributed by atoms with van der Waals surface area (Å²) in [5, 5.41) is 6.67. The van der Waals surface area contributed by atoms with Gasteiger partial charge < -0.3 is 11.1 Å². The normalized spacial score (nSPS) is 25.2. The van der Waals surface area contributed by atoms with E-state index in [1.807, 2.05) is 0 Å². The predicted molar refractivity (Wildman–Crippen MR) is 70.7 cm³/mol. The number of hydrogen-bond donors (Lipinski definition) is 2. The van der Waals surface area contributed by atoms with Crippen LogP contribution in [0.2, 0.25) is 0 Å². The van der Waals surface area contributed by atoms with E-state index in [0.29, 0.717) is 24.9 Å². The minimum Gasteiger partial charge on any atom is -0.368 e. The van der Waals surface area contributed by atoms with Crippen molar-refractivity contribution in [3.05, 3.63) is 10.4 Å². The van der Waals surface area contributed by atoms with Gasteiger partial charge in [0.2, 0.25) is 5.91 Å². The Morgan fingerprint density at radius 3 is 3.00 bits per heavy atom. The zero-order valence-corrected chi connectivity index (χ0v) is 11.0. The molecule has 1 saturated carbocycles. The van der Waals surface area contributed by atoms with Crippen molar-refractivity contribution in [3.63, 3.8) is 0 Å². The lowest BCUT2D eigenvalue weighted by atomic mass is 9.78. The Balaban J connectivity index is 2.39. The van der Waals surface area contributed by atoms with Crippen LogP contribution in [0.5, 0.6) is 0 Å². The summed E-state index contributed by atoms with van der Waals surface area (Å²) >= 11 is 0. The van der Waals surface area contributed by atoms with Crippen molar-refractivity contribution < 1.29 is 4.79 Å². The molecule has 0 aromatic heterocycles. The number of primary amides is 1. The number of carbonyl (C=O) groups excluding carboxylic acids is 1. The van der Waals surface area contributed by atoms with E-state index in [2.05, 4.69) is 22.3 Å². The predicted octanol–water partition coefficient (Wildman–Crippen LogP) is 1.96. The molecule has 0 heterocycles. The molecule has 1 fully saturated rings. The van der Waals surface area contributed by atoms with Gasteiger partial charge in [0.1, 0.15) is 0 Å². The quantitative estimate of drug-likeness (QED) is 0.313. The van der Waals surface area contributed by atoms with Gasteiger partial charge in [0.15, 0.2) is 0 Å². The van der Waals surface area contributed by atoms with E-state index in [9.17, 15) is 4.79 Å². The van der Waals surface area contributed by atoms with E-state index >= 15 is 0 Å². The standard InChI is InChI=1S/C12H23N5O/c1-9-4-2-5-10(8-9)11(12(13)18)15-6-3-7-16-17-14/h9-11,15H,2-8H2,1H3,(H2,13,18). The Morgan fingerprint density at radius 1 is 1.61 bits per heavy atom. The molecule has 0 saturated heterocycles. The first kappa shape index (κ1) is 14.8. The minimum absolute atomic E-state index is 0.237. The molecule has 6 heteroatoms. The summed E-state index contributed by atoms with van der Waals surface area (Å²) in [6, 6.07) is -0.237. The first-order valence-electron chi connectivity index (χ1n) is 6.68. The molecule has 1 aliphatic rings. The van der Waals surface area contributed by atoms with Crippen molar-refractivity contribution in [2.24, 2.45) is 22.7 Å². The van der Waals surface area contributed by atoms with Gasteiger partial charge in [-0.3, -0.25) is 4.79 Å². The molecular weight excluding hydrogens is 230 g/mol. The second kappa shape index (κ2) is 7.95. The number of nitrogens with one attached hydrogen (secondary N) is 1. The minimum atomic E-state index is -0.266. The van der Waals surface area contributed by atoms with Crippen molar-refractivity contribution in [3.8, 4) is 0 Å². The molecule has 0 aliphatic heterocycles. The average Bonchev–Trinajstić information content (AvgIpc) is 2.33. The number of amides is 1. The van der Waals surface area contributed by atoms with Crippen molar-refractivity contribution >= 4 is 5.91 Å². The second-order valence-electron chi connectivity index (χ2n) is 5.17. The fourth-order valence-corrected chi connectivity index (χ4v) is 2.74. The zero-order valence-electron chi connectivity index (χ0n) is 11.0. The highest BCUT2D eigenvalue weighted by atomic mass is 16.1. The molecule has 1 aliphatic carbocycles. The monoisotopic (exact) mass is 253 g/mol. The number of nitrogens with two attached hydrogens (primary N) is 1. The van der Waals surface area contributed by atoms with Gasteiger partial charge in [-0.25, -0.2) is 0 Å². The number of nitrogens with zero attached hydrogens (tertiary/aromatic N) is 3. The van der Waals surface area contributed by atoms with E-state index < -0.39 is 0 Å². The van der Waals surface area contributed by atoms with Crippen LogP contribution in [0.25, 0.3) is 10.4 Å². The molecule has 0 radical (unpaired) electrons. The van der Waals surface area contributed by atoms with Crippen molar-refractivity contribution in [2.45, 2.75) is 45.1 Å². The van der Waals surface area contributed by atoms with Gasteiger partial charge in [0, 0.05) is 11.5 Å². The van der Waals surface area contributed by atoms with Gasteiger partial charge >= 0.3 is 0 Å². The fraction of sp³-hybridized carbons (Fsp3) is 0.917. The third-order valence-corrected chi connectivity index (χ3v) is 3.62. The van der Waals surface area contributed by atoms with Gasteiger partial charge in [0.05, 0.1) is 6.04 Å². The molecule has 0 spiro atoms. The highest BCUT2D eigenvalue weighted by Crippen LogP contribution is 2.30. The van der Waals surface area contributed by atoms with Crippen LogP contribution in [0.4, 0.5) is 0 Å². The van der Waals surface area contributed by atoms with Crippen LogP contribution in [0, 0.1) is 11.8 Å². The first-order valence-corrected chi connectivity index (χ1v) is 6.68. The third-order valence-electron chi connectivity index (χ3n) is 3.62. The highest BCUT2D eigenvalue weighted by molar-refractivity contribution is 5.80. The molecule has 102 valence electrons. The maximum Gasteiger partial charge on any atom is 0.234 e. The van der Waals surface area contributed by atoms with Crippen molar-refractivity contribution in [2.75, 3.05) is 13.1 Å². The molecule has 1 amide bonds. The van der Waals surface area contributed by atoms with Gasteiger partial charge in [-0.15, -0.1) is 0 Å². The molecule has 0 aromatic rings. The van der Waals surface area contributed by atoms with Crippen LogP contribution in [-0.4, -0.2) is 25.0 Å². The first-order chi connectivity index (χ1) is 8.65. The van der Waals surface area contributed by atoms with Crippen LogP contribution in [-0.2, 0) is 4.79 Å². The summed E-state index contributed by atoms with van der Waals surface area (Å²) in [6.07, 6.45) is 5.29. The lowest BCUT2D eigenvalue weighted by Crippen LogP contribution is -2.48. The summed E-state index contributed by atoms with van der Waals surface area (Å²) in [6.45, 7) is 3.35. The van der Waals surface area contributed by atoms with Crippen molar-refractivity contribution in [1.29, 1.82) is 0 Å². The number of carbonyl (C=O) groups is 1. The van der Waals surface area contributed by atoms with E-state index in [-0.39, 0.29) is 11.9 Å². The summed E-state index contributed by atoms with van der Waals surface area (Å²) in [5.74, 6) is 0.763. The lowest BCUT2D eigenvalue weighted by molar-refractivity contribution is -0.121. The Morgan fingerprint density at radius 2 is 2.39 bits per heavy atom. The van der Waals surface area contributed by atoms with Crippen LogP contribution in [0.3, 0.4) is 0 Å². The molecule has 3 unspecified atom stereocenters. The number of rotatable bonds is 7. The van der Waals surface area contributed by atoms with E-state index in [1.54, 1.807) is 0 Å². The molecule has 18 heavy (non-hydrogen) atoms. The second-order valence-corrected chi connectivity index (χ2v) is 5.17. The Hall–Kier alpha value is -1.26. The van der Waals surface area contributed by atoms with Gasteiger partial charge in [-0.05, 0) is 43.2 Å². The largest absolute Gasteiger partial charge is 0.368 e. The maximum atomic E-state index is 11.5. The maximum absolute atomic E-state index is 11.5. The Bertz CT molecular complexity index is 314. The molecule has 3 N–H and O–H groups in total. The molecule has 1 rings (SSSR count). The summed E-state index contributed by atoms with van der Waals surface area (Å²) < 4.78 is 0. The lowest BCUT2D eigenvalue weighted by Gasteiger charge is -2.32. The third kappa shape index (κ3) is 4.94. The van der Waals surface area contributed by atoms with Crippen molar-refractivity contribution in [1.82, 2.24) is 5.32 Å². The van der Waals surface area contributed by atoms with Gasteiger partial charge in [-0.2, -0.15) is 0 Å². The summed E-state index contributed by atoms with van der Waals surface area (Å²) in [7, 11) is 0. The van der Waals surface area contributed by atoms with E-state index in [1.165, 1.54) is 12.8 Å². The fourth-order valence-electron chi connectivity index (χ4n) is 2.74. The zero-order chi connectivity index (χ0) is 13.4. The van der Waals surface area contributed by atoms with Gasteiger partial charge in [0.25, 0.3) is 0 Å². The summed E-state index contributed by atoms with van der Waals surface area (Å²) in [5.41, 5.74) is 13.6. The van der Waals surface area contributed by atoms with Crippen LogP contribution in [0.1, 0.15) is 39.0 Å².